The highest BCUT2D eigenvalue weighted by atomic mass is 16.5. The highest BCUT2D eigenvalue weighted by molar-refractivity contribution is 5.88. The zero-order chi connectivity index (χ0) is 25.4. The van der Waals surface area contributed by atoms with E-state index in [1.165, 1.54) is 0 Å². The number of hydrogen-bond acceptors (Lipinski definition) is 5. The normalized spacial score (nSPS) is 16.9. The Morgan fingerprint density at radius 3 is 2.26 bits per heavy atom. The minimum atomic E-state index is -1.12. The van der Waals surface area contributed by atoms with Crippen molar-refractivity contribution in [2.24, 2.45) is 5.41 Å². The number of aliphatic carboxylic acids is 1. The van der Waals surface area contributed by atoms with Gasteiger partial charge in [-0.3, -0.25) is 4.98 Å². The van der Waals surface area contributed by atoms with Crippen LogP contribution < -0.4 is 9.64 Å². The maximum Gasteiger partial charge on any atom is 0.337 e. The second kappa shape index (κ2) is 9.57. The fourth-order valence-corrected chi connectivity index (χ4v) is 4.73. The number of carboxylic acids is 1. The number of aryl methyl sites for hydroxylation is 3. The smallest absolute Gasteiger partial charge is 0.337 e. The number of ether oxygens (including phenoxy) is 2. The number of anilines is 1. The summed E-state index contributed by atoms with van der Waals surface area (Å²) in [5.74, 6) is -0.208. The van der Waals surface area contributed by atoms with E-state index in [1.807, 2.05) is 53.7 Å². The fourth-order valence-electron chi connectivity index (χ4n) is 4.73. The van der Waals surface area contributed by atoms with Gasteiger partial charge in [-0.25, -0.2) is 4.79 Å². The molecule has 0 amide bonds. The number of hydrogen-bond donors (Lipinski definition) is 1. The number of carbonyl (C=O) groups is 1. The van der Waals surface area contributed by atoms with Crippen LogP contribution in [0.4, 0.5) is 5.69 Å². The van der Waals surface area contributed by atoms with Crippen LogP contribution in [0.2, 0.25) is 0 Å². The molecule has 1 fully saturated rings. The average molecular weight is 469 g/mol. The van der Waals surface area contributed by atoms with E-state index in [0.29, 0.717) is 11.3 Å². The third kappa shape index (κ3) is 5.54. The number of carboxylic acid groups (broad SMARTS) is 1. The third-order valence-corrected chi connectivity index (χ3v) is 6.67. The maximum atomic E-state index is 12.6. The quantitative estimate of drug-likeness (QED) is 0.540. The van der Waals surface area contributed by atoms with Crippen molar-refractivity contribution in [3.63, 3.8) is 0 Å². The summed E-state index contributed by atoms with van der Waals surface area (Å²) in [5.41, 5.74) is 5.71. The van der Waals surface area contributed by atoms with Gasteiger partial charge >= 0.3 is 5.97 Å². The fraction of sp³-hybridized carbons (Fsp3) is 0.571. The Hall–Kier alpha value is -2.60. The van der Waals surface area contributed by atoms with Gasteiger partial charge in [-0.15, -0.1) is 0 Å². The van der Waals surface area contributed by atoms with Crippen LogP contribution in [0, 0.1) is 26.2 Å². The molecule has 0 aliphatic carbocycles. The Morgan fingerprint density at radius 1 is 1.12 bits per heavy atom. The SMILES string of the molecule is COc1cc(-c2c(C)nc(C)c([C@H](OC(C)(C)C)C(=O)O)c2N2CCC(C)(C)CC2)ccc1C. The van der Waals surface area contributed by atoms with Crippen LogP contribution >= 0.6 is 0 Å². The Balaban J connectivity index is 2.33. The Morgan fingerprint density at radius 2 is 1.74 bits per heavy atom. The molecule has 0 saturated carbocycles. The molecule has 1 saturated heterocycles. The van der Waals surface area contributed by atoms with E-state index >= 15 is 0 Å². The Bertz CT molecular complexity index is 1060. The van der Waals surface area contributed by atoms with Crippen LogP contribution in [-0.2, 0) is 9.53 Å². The van der Waals surface area contributed by atoms with Crippen LogP contribution in [0.5, 0.6) is 5.75 Å². The molecule has 0 radical (unpaired) electrons. The summed E-state index contributed by atoms with van der Waals surface area (Å²) in [7, 11) is 1.67. The molecule has 2 aromatic rings. The number of nitrogens with zero attached hydrogens (tertiary/aromatic N) is 2. The van der Waals surface area contributed by atoms with Gasteiger partial charge in [-0.05, 0) is 77.0 Å². The van der Waals surface area contributed by atoms with E-state index in [0.717, 1.165) is 59.8 Å². The van der Waals surface area contributed by atoms with Crippen molar-refractivity contribution in [2.75, 3.05) is 25.1 Å². The van der Waals surface area contributed by atoms with Crippen LogP contribution in [0.1, 0.15) is 76.1 Å². The van der Waals surface area contributed by atoms with Gasteiger partial charge in [0, 0.05) is 35.6 Å². The van der Waals surface area contributed by atoms with Crippen molar-refractivity contribution in [2.45, 2.75) is 79.9 Å². The number of pyridine rings is 1. The highest BCUT2D eigenvalue weighted by Crippen LogP contribution is 2.45. The summed E-state index contributed by atoms with van der Waals surface area (Å²) in [6, 6.07) is 6.13. The first kappa shape index (κ1) is 26.0. The second-order valence-corrected chi connectivity index (χ2v) is 11.2. The largest absolute Gasteiger partial charge is 0.496 e. The van der Waals surface area contributed by atoms with E-state index in [9.17, 15) is 9.90 Å². The molecule has 2 heterocycles. The lowest BCUT2D eigenvalue weighted by molar-refractivity contribution is -0.160. The Kier molecular flexibility index (Phi) is 7.32. The molecule has 1 aromatic carbocycles. The number of piperidine rings is 1. The van der Waals surface area contributed by atoms with Crippen molar-refractivity contribution in [1.82, 2.24) is 4.98 Å². The summed E-state index contributed by atoms with van der Waals surface area (Å²) in [6.45, 7) is 17.8. The molecule has 1 aliphatic rings. The van der Waals surface area contributed by atoms with Crippen LogP contribution in [0.15, 0.2) is 18.2 Å². The molecule has 6 heteroatoms. The molecule has 6 nitrogen and oxygen atoms in total. The standard InChI is InChI=1S/C28H40N2O4/c1-17-10-11-20(16-21(17)33-9)22-18(2)29-19(3)23(25(26(31)32)34-27(4,5)6)24(22)30-14-12-28(7,8)13-15-30/h10-11,16,25H,12-15H2,1-9H3,(H,31,32)/t25-/m0/s1. The zero-order valence-electron chi connectivity index (χ0n) is 22.2. The van der Waals surface area contributed by atoms with Crippen molar-refractivity contribution in [3.05, 3.63) is 40.7 Å². The summed E-state index contributed by atoms with van der Waals surface area (Å²) < 4.78 is 11.8. The first-order valence-corrected chi connectivity index (χ1v) is 12.1. The monoisotopic (exact) mass is 468 g/mol. The van der Waals surface area contributed by atoms with Gasteiger partial charge in [0.25, 0.3) is 0 Å². The minimum absolute atomic E-state index is 0.259. The predicted octanol–water partition coefficient (Wildman–Crippen LogP) is 6.25. The van der Waals surface area contributed by atoms with Gasteiger partial charge in [0.2, 0.25) is 0 Å². The Labute approximate surface area is 204 Å². The van der Waals surface area contributed by atoms with Gasteiger partial charge in [0.05, 0.1) is 18.4 Å². The lowest BCUT2D eigenvalue weighted by atomic mass is 9.81. The summed E-state index contributed by atoms with van der Waals surface area (Å²) in [5, 5.41) is 10.3. The molecule has 0 spiro atoms. The van der Waals surface area contributed by atoms with Gasteiger partial charge < -0.3 is 19.5 Å². The molecule has 1 atom stereocenters. The topological polar surface area (TPSA) is 71.9 Å². The number of rotatable bonds is 6. The number of aromatic nitrogens is 1. The zero-order valence-corrected chi connectivity index (χ0v) is 22.2. The van der Waals surface area contributed by atoms with Crippen LogP contribution in [0.3, 0.4) is 0 Å². The minimum Gasteiger partial charge on any atom is -0.496 e. The molecule has 1 aliphatic heterocycles. The van der Waals surface area contributed by atoms with Gasteiger partial charge in [0.15, 0.2) is 6.10 Å². The molecule has 1 N–H and O–H groups in total. The molecular weight excluding hydrogens is 428 g/mol. The van der Waals surface area contributed by atoms with E-state index < -0.39 is 17.7 Å². The summed E-state index contributed by atoms with van der Waals surface area (Å²) in [4.78, 5) is 19.7. The van der Waals surface area contributed by atoms with Crippen molar-refractivity contribution in [3.8, 4) is 16.9 Å². The van der Waals surface area contributed by atoms with Gasteiger partial charge in [-0.2, -0.15) is 0 Å². The predicted molar refractivity (Wildman–Crippen MR) is 137 cm³/mol. The molecule has 0 unspecified atom stereocenters. The number of benzene rings is 1. The second-order valence-electron chi connectivity index (χ2n) is 11.2. The summed E-state index contributed by atoms with van der Waals surface area (Å²) >= 11 is 0. The summed E-state index contributed by atoms with van der Waals surface area (Å²) in [6.07, 6.45) is 0.937. The van der Waals surface area contributed by atoms with E-state index in [2.05, 4.69) is 24.8 Å². The lowest BCUT2D eigenvalue weighted by Gasteiger charge is -2.41. The molecule has 1 aromatic heterocycles. The molecular formula is C28H40N2O4. The van der Waals surface area contributed by atoms with Crippen molar-refractivity contribution in [1.29, 1.82) is 0 Å². The third-order valence-electron chi connectivity index (χ3n) is 6.67. The number of methoxy groups -OCH3 is 1. The van der Waals surface area contributed by atoms with Gasteiger partial charge in [-0.1, -0.05) is 26.0 Å². The van der Waals surface area contributed by atoms with Crippen molar-refractivity contribution >= 4 is 11.7 Å². The maximum absolute atomic E-state index is 12.6. The van der Waals surface area contributed by atoms with E-state index in [1.54, 1.807) is 7.11 Å². The average Bonchev–Trinajstić information content (AvgIpc) is 2.72. The van der Waals surface area contributed by atoms with E-state index in [4.69, 9.17) is 14.5 Å². The van der Waals surface area contributed by atoms with E-state index in [-0.39, 0.29) is 5.41 Å². The van der Waals surface area contributed by atoms with Gasteiger partial charge in [0.1, 0.15) is 5.75 Å². The molecule has 186 valence electrons. The van der Waals surface area contributed by atoms with Crippen LogP contribution in [0.25, 0.3) is 11.1 Å². The molecule has 3 rings (SSSR count). The lowest BCUT2D eigenvalue weighted by Crippen LogP contribution is -2.39. The first-order chi connectivity index (χ1) is 15.7. The van der Waals surface area contributed by atoms with Crippen LogP contribution in [-0.4, -0.2) is 41.9 Å². The molecule has 34 heavy (non-hydrogen) atoms. The molecule has 0 bridgehead atoms. The van der Waals surface area contributed by atoms with Crippen molar-refractivity contribution < 1.29 is 19.4 Å². The highest BCUT2D eigenvalue weighted by Gasteiger charge is 2.36. The first-order valence-electron chi connectivity index (χ1n) is 12.1.